The predicted octanol–water partition coefficient (Wildman–Crippen LogP) is 0.618. The smallest absolute Gasteiger partial charge is 0.254 e. The predicted molar refractivity (Wildman–Crippen MR) is 68.0 cm³/mol. The van der Waals surface area contributed by atoms with Crippen molar-refractivity contribution in [2.24, 2.45) is 5.84 Å². The van der Waals surface area contributed by atoms with Gasteiger partial charge in [0.25, 0.3) is 5.91 Å². The average molecular weight is 250 g/mol. The summed E-state index contributed by atoms with van der Waals surface area (Å²) in [5, 5.41) is 0. The average Bonchev–Trinajstić information content (AvgIpc) is 2.37. The Morgan fingerprint density at radius 3 is 3.06 bits per heavy atom. The number of nitrogens with two attached hydrogens (primary N) is 1. The molecule has 6 nitrogen and oxygen atoms in total. The number of hydrogen-bond acceptors (Lipinski definition) is 5. The maximum absolute atomic E-state index is 12.5. The van der Waals surface area contributed by atoms with Gasteiger partial charge in [0.05, 0.1) is 18.8 Å². The highest BCUT2D eigenvalue weighted by Gasteiger charge is 2.34. The molecule has 0 saturated carbocycles. The maximum Gasteiger partial charge on any atom is 0.254 e. The van der Waals surface area contributed by atoms with Crippen LogP contribution < -0.4 is 11.3 Å². The zero-order valence-corrected chi connectivity index (χ0v) is 10.6. The molecule has 18 heavy (non-hydrogen) atoms. The van der Waals surface area contributed by atoms with Gasteiger partial charge in [0.2, 0.25) is 0 Å². The molecule has 1 amide bonds. The van der Waals surface area contributed by atoms with Gasteiger partial charge in [-0.3, -0.25) is 4.79 Å². The Labute approximate surface area is 106 Å². The van der Waals surface area contributed by atoms with Crippen LogP contribution in [0.3, 0.4) is 0 Å². The van der Waals surface area contributed by atoms with E-state index >= 15 is 0 Å². The first kappa shape index (κ1) is 12.8. The van der Waals surface area contributed by atoms with Crippen molar-refractivity contribution in [2.75, 3.05) is 25.2 Å². The minimum Gasteiger partial charge on any atom is -0.377 e. The normalized spacial score (nSPS) is 18.5. The van der Waals surface area contributed by atoms with Gasteiger partial charge in [-0.2, -0.15) is 0 Å². The third kappa shape index (κ3) is 2.44. The van der Waals surface area contributed by atoms with E-state index in [0.717, 1.165) is 0 Å². The van der Waals surface area contributed by atoms with Crippen LogP contribution in [0.5, 0.6) is 0 Å². The van der Waals surface area contributed by atoms with Crippen LogP contribution in [0, 0.1) is 0 Å². The zero-order valence-electron chi connectivity index (χ0n) is 10.6. The first-order valence-corrected chi connectivity index (χ1v) is 5.87. The third-order valence-electron chi connectivity index (χ3n) is 3.05. The fourth-order valence-corrected chi connectivity index (χ4v) is 2.03. The highest BCUT2D eigenvalue weighted by atomic mass is 16.5. The van der Waals surface area contributed by atoms with Gasteiger partial charge in [0, 0.05) is 18.3 Å². The Hall–Kier alpha value is -1.66. The van der Waals surface area contributed by atoms with E-state index in [2.05, 4.69) is 10.4 Å². The largest absolute Gasteiger partial charge is 0.377 e. The van der Waals surface area contributed by atoms with Crippen LogP contribution in [0.1, 0.15) is 24.2 Å². The lowest BCUT2D eigenvalue weighted by molar-refractivity contribution is -0.0370. The number of nitrogen functional groups attached to an aromatic ring is 1. The molecule has 98 valence electrons. The quantitative estimate of drug-likeness (QED) is 0.594. The lowest BCUT2D eigenvalue weighted by Gasteiger charge is -2.42. The van der Waals surface area contributed by atoms with E-state index in [1.165, 1.54) is 0 Å². The van der Waals surface area contributed by atoms with E-state index < -0.39 is 0 Å². The molecule has 1 aromatic rings. The number of morpholine rings is 1. The highest BCUT2D eigenvalue weighted by molar-refractivity contribution is 5.95. The number of carbonyl (C=O) groups excluding carboxylic acids is 1. The summed E-state index contributed by atoms with van der Waals surface area (Å²) in [5.74, 6) is 5.75. The number of rotatable bonds is 2. The molecule has 0 aromatic carbocycles. The number of nitrogens with zero attached hydrogens (tertiary/aromatic N) is 2. The number of pyridine rings is 1. The van der Waals surface area contributed by atoms with Crippen LogP contribution in [-0.4, -0.2) is 41.1 Å². The van der Waals surface area contributed by atoms with Gasteiger partial charge < -0.3 is 15.1 Å². The summed E-state index contributed by atoms with van der Waals surface area (Å²) < 4.78 is 5.41. The van der Waals surface area contributed by atoms with Crippen LogP contribution >= 0.6 is 0 Å². The summed E-state index contributed by atoms with van der Waals surface area (Å²) >= 11 is 0. The molecule has 1 fully saturated rings. The van der Waals surface area contributed by atoms with Crippen LogP contribution in [0.2, 0.25) is 0 Å². The van der Waals surface area contributed by atoms with Crippen LogP contribution in [-0.2, 0) is 4.74 Å². The Morgan fingerprint density at radius 2 is 2.39 bits per heavy atom. The van der Waals surface area contributed by atoms with Crippen molar-refractivity contribution >= 4 is 11.7 Å². The van der Waals surface area contributed by atoms with Crippen molar-refractivity contribution in [1.29, 1.82) is 0 Å². The SMILES string of the molecule is CC1(C)COCCN1C(=O)c1ccnc(NN)c1. The molecule has 0 aliphatic carbocycles. The molecular formula is C12H18N4O2. The fraction of sp³-hybridized carbons (Fsp3) is 0.500. The summed E-state index contributed by atoms with van der Waals surface area (Å²) in [5.41, 5.74) is 2.72. The first-order valence-electron chi connectivity index (χ1n) is 5.87. The highest BCUT2D eigenvalue weighted by Crippen LogP contribution is 2.22. The van der Waals surface area contributed by atoms with Gasteiger partial charge in [-0.15, -0.1) is 0 Å². The molecule has 2 heterocycles. The number of aromatic nitrogens is 1. The van der Waals surface area contributed by atoms with Crippen molar-refractivity contribution in [3.8, 4) is 0 Å². The Balaban J connectivity index is 2.24. The van der Waals surface area contributed by atoms with Crippen molar-refractivity contribution in [3.63, 3.8) is 0 Å². The molecule has 1 aliphatic rings. The summed E-state index contributed by atoms with van der Waals surface area (Å²) in [4.78, 5) is 18.3. The lowest BCUT2D eigenvalue weighted by atomic mass is 10.0. The molecule has 6 heteroatoms. The molecule has 1 aromatic heterocycles. The molecule has 0 spiro atoms. The van der Waals surface area contributed by atoms with E-state index in [1.54, 1.807) is 18.3 Å². The molecule has 1 aliphatic heterocycles. The summed E-state index contributed by atoms with van der Waals surface area (Å²) in [6.45, 7) is 5.70. The van der Waals surface area contributed by atoms with Crippen molar-refractivity contribution in [1.82, 2.24) is 9.88 Å². The zero-order chi connectivity index (χ0) is 13.2. The van der Waals surface area contributed by atoms with E-state index in [1.807, 2.05) is 18.7 Å². The Morgan fingerprint density at radius 1 is 1.61 bits per heavy atom. The van der Waals surface area contributed by atoms with Crippen molar-refractivity contribution < 1.29 is 9.53 Å². The second-order valence-corrected chi connectivity index (χ2v) is 4.90. The van der Waals surface area contributed by atoms with Gasteiger partial charge in [-0.1, -0.05) is 0 Å². The van der Waals surface area contributed by atoms with Crippen LogP contribution in [0.25, 0.3) is 0 Å². The standard InChI is InChI=1S/C12H18N4O2/c1-12(2)8-18-6-5-16(12)11(17)9-3-4-14-10(7-9)15-13/h3-4,7H,5-6,8,13H2,1-2H3,(H,14,15). The molecule has 0 atom stereocenters. The minimum absolute atomic E-state index is 0.0257. The van der Waals surface area contributed by atoms with E-state index in [9.17, 15) is 4.79 Å². The molecule has 0 radical (unpaired) electrons. The van der Waals surface area contributed by atoms with Gasteiger partial charge in [0.15, 0.2) is 0 Å². The lowest BCUT2D eigenvalue weighted by Crippen LogP contribution is -2.55. The number of hydrazine groups is 1. The number of hydrogen-bond donors (Lipinski definition) is 2. The summed E-state index contributed by atoms with van der Waals surface area (Å²) in [6, 6.07) is 3.34. The summed E-state index contributed by atoms with van der Waals surface area (Å²) in [7, 11) is 0. The topological polar surface area (TPSA) is 80.5 Å². The third-order valence-corrected chi connectivity index (χ3v) is 3.05. The van der Waals surface area contributed by atoms with E-state index in [-0.39, 0.29) is 11.4 Å². The van der Waals surface area contributed by atoms with E-state index in [0.29, 0.717) is 31.1 Å². The summed E-state index contributed by atoms with van der Waals surface area (Å²) in [6.07, 6.45) is 1.57. The monoisotopic (exact) mass is 250 g/mol. The Bertz CT molecular complexity index is 447. The van der Waals surface area contributed by atoms with Crippen LogP contribution in [0.15, 0.2) is 18.3 Å². The second kappa shape index (κ2) is 4.91. The van der Waals surface area contributed by atoms with Gasteiger partial charge in [-0.25, -0.2) is 10.8 Å². The molecule has 0 bridgehead atoms. The molecular weight excluding hydrogens is 232 g/mol. The van der Waals surface area contributed by atoms with Crippen LogP contribution in [0.4, 0.5) is 5.82 Å². The number of nitrogens with one attached hydrogen (secondary N) is 1. The Kier molecular flexibility index (Phi) is 3.49. The van der Waals surface area contributed by atoms with Crippen molar-refractivity contribution in [2.45, 2.75) is 19.4 Å². The number of carbonyl (C=O) groups is 1. The fourth-order valence-electron chi connectivity index (χ4n) is 2.03. The number of amides is 1. The molecule has 0 unspecified atom stereocenters. The maximum atomic E-state index is 12.5. The van der Waals surface area contributed by atoms with Crippen molar-refractivity contribution in [3.05, 3.63) is 23.9 Å². The molecule has 1 saturated heterocycles. The van der Waals surface area contributed by atoms with Gasteiger partial charge >= 0.3 is 0 Å². The second-order valence-electron chi connectivity index (χ2n) is 4.90. The van der Waals surface area contributed by atoms with E-state index in [4.69, 9.17) is 10.6 Å². The number of anilines is 1. The number of ether oxygens (including phenoxy) is 1. The molecule has 3 N–H and O–H groups in total. The minimum atomic E-state index is -0.297. The van der Waals surface area contributed by atoms with Gasteiger partial charge in [-0.05, 0) is 26.0 Å². The van der Waals surface area contributed by atoms with Gasteiger partial charge in [0.1, 0.15) is 5.82 Å². The first-order chi connectivity index (χ1) is 8.54. The molecule has 2 rings (SSSR count).